The number of aromatic nitrogens is 3. The molecule has 0 N–H and O–H groups in total. The van der Waals surface area contributed by atoms with Gasteiger partial charge in [0.25, 0.3) is 0 Å². The van der Waals surface area contributed by atoms with Crippen molar-refractivity contribution in [2.45, 2.75) is 24.8 Å². The third kappa shape index (κ3) is 5.23. The zero-order valence-corrected chi connectivity index (χ0v) is 20.0. The number of anilines is 1. The number of ether oxygens (including phenoxy) is 1. The number of rotatable bonds is 9. The van der Waals surface area contributed by atoms with Crippen LogP contribution < -0.4 is 9.64 Å². The summed E-state index contributed by atoms with van der Waals surface area (Å²) in [4.78, 5) is 19.9. The van der Waals surface area contributed by atoms with E-state index in [0.29, 0.717) is 18.2 Å². The normalized spacial score (nSPS) is 11.6. The van der Waals surface area contributed by atoms with E-state index in [1.54, 1.807) is 54.1 Å². The average Bonchev–Trinajstić information content (AvgIpc) is 3.49. The Morgan fingerprint density at radius 2 is 1.97 bits per heavy atom. The largest absolute Gasteiger partial charge is 0.497 e. The van der Waals surface area contributed by atoms with Crippen molar-refractivity contribution in [3.8, 4) is 5.75 Å². The van der Waals surface area contributed by atoms with Crippen LogP contribution >= 0.6 is 11.3 Å². The van der Waals surface area contributed by atoms with Gasteiger partial charge in [0.05, 0.1) is 40.9 Å². The highest BCUT2D eigenvalue weighted by Gasteiger charge is 2.21. The van der Waals surface area contributed by atoms with Gasteiger partial charge in [-0.1, -0.05) is 30.4 Å². The van der Waals surface area contributed by atoms with Crippen LogP contribution in [-0.4, -0.2) is 48.5 Å². The van der Waals surface area contributed by atoms with Gasteiger partial charge in [0.2, 0.25) is 5.91 Å². The molecule has 0 spiro atoms. The number of hydrogen-bond donors (Lipinski definition) is 0. The van der Waals surface area contributed by atoms with Crippen LogP contribution in [0.15, 0.2) is 65.8 Å². The number of sulfone groups is 1. The summed E-state index contributed by atoms with van der Waals surface area (Å²) in [5.41, 5.74) is 1.53. The van der Waals surface area contributed by atoms with Crippen LogP contribution in [0, 0.1) is 0 Å². The van der Waals surface area contributed by atoms with Gasteiger partial charge in [-0.15, -0.1) is 0 Å². The van der Waals surface area contributed by atoms with E-state index in [1.165, 1.54) is 11.3 Å². The zero-order valence-electron chi connectivity index (χ0n) is 18.3. The quantitative estimate of drug-likeness (QED) is 0.361. The van der Waals surface area contributed by atoms with E-state index in [1.807, 2.05) is 30.5 Å². The first-order valence-corrected chi connectivity index (χ1v) is 12.9. The standard InChI is InChI=1S/C23H24N4O4S2/c1-3-33(29,30)19-8-5-17(6-9-19)15-22(28)27(14-13-26-12-4-11-24-26)23-25-20-10-7-18(31-2)16-21(20)32-23/h4-12,16H,3,13-15H2,1-2H3. The monoisotopic (exact) mass is 484 g/mol. The fourth-order valence-electron chi connectivity index (χ4n) is 3.35. The topological polar surface area (TPSA) is 94.4 Å². The highest BCUT2D eigenvalue weighted by molar-refractivity contribution is 7.91. The molecule has 0 saturated carbocycles. The molecule has 0 atom stereocenters. The summed E-state index contributed by atoms with van der Waals surface area (Å²) in [5, 5.41) is 4.82. The van der Waals surface area contributed by atoms with Crippen molar-refractivity contribution in [3.05, 3.63) is 66.5 Å². The van der Waals surface area contributed by atoms with Crippen LogP contribution in [0.1, 0.15) is 12.5 Å². The first kappa shape index (κ1) is 22.9. The molecule has 1 amide bonds. The molecule has 4 rings (SSSR count). The van der Waals surface area contributed by atoms with Crippen LogP contribution in [0.3, 0.4) is 0 Å². The Morgan fingerprint density at radius 1 is 1.18 bits per heavy atom. The van der Waals surface area contributed by atoms with Gasteiger partial charge in [-0.25, -0.2) is 13.4 Å². The van der Waals surface area contributed by atoms with E-state index in [9.17, 15) is 13.2 Å². The third-order valence-corrected chi connectivity index (χ3v) is 8.04. The predicted molar refractivity (Wildman–Crippen MR) is 129 cm³/mol. The zero-order chi connectivity index (χ0) is 23.4. The maximum atomic E-state index is 13.3. The van der Waals surface area contributed by atoms with Crippen molar-refractivity contribution in [1.82, 2.24) is 14.8 Å². The van der Waals surface area contributed by atoms with Gasteiger partial charge in [0.15, 0.2) is 15.0 Å². The highest BCUT2D eigenvalue weighted by Crippen LogP contribution is 2.32. The summed E-state index contributed by atoms with van der Waals surface area (Å²) < 4.78 is 32.1. The second-order valence-electron chi connectivity index (χ2n) is 7.37. The minimum Gasteiger partial charge on any atom is -0.497 e. The second kappa shape index (κ2) is 9.72. The first-order valence-electron chi connectivity index (χ1n) is 10.4. The molecule has 4 aromatic rings. The lowest BCUT2D eigenvalue weighted by Crippen LogP contribution is -2.35. The maximum Gasteiger partial charge on any atom is 0.233 e. The number of carbonyl (C=O) groups is 1. The molecule has 33 heavy (non-hydrogen) atoms. The number of methoxy groups -OCH3 is 1. The lowest BCUT2D eigenvalue weighted by molar-refractivity contribution is -0.118. The molecule has 0 radical (unpaired) electrons. The van der Waals surface area contributed by atoms with E-state index in [4.69, 9.17) is 4.74 Å². The molecular weight excluding hydrogens is 460 g/mol. The van der Waals surface area contributed by atoms with Crippen LogP contribution in [0.4, 0.5) is 5.13 Å². The molecule has 0 fully saturated rings. The number of hydrogen-bond acceptors (Lipinski definition) is 7. The Bertz CT molecular complexity index is 1350. The van der Waals surface area contributed by atoms with Gasteiger partial charge < -0.3 is 4.74 Å². The minimum atomic E-state index is -3.28. The van der Waals surface area contributed by atoms with Gasteiger partial charge in [-0.2, -0.15) is 5.10 Å². The number of amides is 1. The van der Waals surface area contributed by atoms with E-state index in [0.717, 1.165) is 21.5 Å². The van der Waals surface area contributed by atoms with Crippen molar-refractivity contribution in [2.24, 2.45) is 0 Å². The Labute approximate surface area is 196 Å². The minimum absolute atomic E-state index is 0.0366. The van der Waals surface area contributed by atoms with Crippen LogP contribution in [-0.2, 0) is 27.6 Å². The average molecular weight is 485 g/mol. The van der Waals surface area contributed by atoms with Crippen molar-refractivity contribution in [3.63, 3.8) is 0 Å². The summed E-state index contributed by atoms with van der Waals surface area (Å²) in [6.45, 7) is 2.53. The Kier molecular flexibility index (Phi) is 6.75. The molecule has 0 aliphatic carbocycles. The SMILES string of the molecule is CCS(=O)(=O)c1ccc(CC(=O)N(CCn2cccn2)c2nc3ccc(OC)cc3s2)cc1. The van der Waals surface area contributed by atoms with Gasteiger partial charge in [0.1, 0.15) is 5.75 Å². The molecular formula is C23H24N4O4S2. The van der Waals surface area contributed by atoms with Gasteiger partial charge >= 0.3 is 0 Å². The van der Waals surface area contributed by atoms with E-state index >= 15 is 0 Å². The van der Waals surface area contributed by atoms with Crippen molar-refractivity contribution in [2.75, 3.05) is 24.3 Å². The van der Waals surface area contributed by atoms with Crippen LogP contribution in [0.2, 0.25) is 0 Å². The van der Waals surface area contributed by atoms with Gasteiger partial charge in [0, 0.05) is 18.9 Å². The van der Waals surface area contributed by atoms with Gasteiger partial charge in [-0.3, -0.25) is 14.4 Å². The number of fused-ring (bicyclic) bond motifs is 1. The molecule has 2 aromatic heterocycles. The molecule has 0 aliphatic rings. The lowest BCUT2D eigenvalue weighted by atomic mass is 10.1. The first-order chi connectivity index (χ1) is 15.9. The fourth-order valence-corrected chi connectivity index (χ4v) is 5.27. The summed E-state index contributed by atoms with van der Waals surface area (Å²) in [6.07, 6.45) is 3.67. The smallest absolute Gasteiger partial charge is 0.233 e. The molecule has 0 bridgehead atoms. The van der Waals surface area contributed by atoms with Crippen molar-refractivity contribution >= 4 is 42.4 Å². The maximum absolute atomic E-state index is 13.3. The predicted octanol–water partition coefficient (Wildman–Crippen LogP) is 3.57. The Balaban J connectivity index is 1.59. The summed E-state index contributed by atoms with van der Waals surface area (Å²) in [5.74, 6) is 0.642. The lowest BCUT2D eigenvalue weighted by Gasteiger charge is -2.20. The van der Waals surface area contributed by atoms with E-state index < -0.39 is 9.84 Å². The van der Waals surface area contributed by atoms with Crippen molar-refractivity contribution in [1.29, 1.82) is 0 Å². The third-order valence-electron chi connectivity index (χ3n) is 5.25. The van der Waals surface area contributed by atoms with E-state index in [2.05, 4.69) is 10.1 Å². The summed E-state index contributed by atoms with van der Waals surface area (Å²) in [7, 11) is -1.67. The Morgan fingerprint density at radius 3 is 2.64 bits per heavy atom. The number of carbonyl (C=O) groups excluding carboxylic acids is 1. The molecule has 0 aliphatic heterocycles. The number of benzene rings is 2. The second-order valence-corrected chi connectivity index (χ2v) is 10.7. The summed E-state index contributed by atoms with van der Waals surface area (Å²) >= 11 is 1.42. The van der Waals surface area contributed by atoms with Crippen LogP contribution in [0.5, 0.6) is 5.75 Å². The number of nitrogens with zero attached hydrogens (tertiary/aromatic N) is 4. The molecule has 172 valence electrons. The molecule has 8 nitrogen and oxygen atoms in total. The highest BCUT2D eigenvalue weighted by atomic mass is 32.2. The molecule has 0 unspecified atom stereocenters. The Hall–Kier alpha value is -3.24. The van der Waals surface area contributed by atoms with Gasteiger partial charge in [-0.05, 0) is 42.0 Å². The molecule has 0 saturated heterocycles. The molecule has 2 aromatic carbocycles. The molecule has 2 heterocycles. The van der Waals surface area contributed by atoms with Crippen molar-refractivity contribution < 1.29 is 17.9 Å². The van der Waals surface area contributed by atoms with Crippen LogP contribution in [0.25, 0.3) is 10.2 Å². The number of thiazole rings is 1. The molecule has 10 heteroatoms. The fraction of sp³-hybridized carbons (Fsp3) is 0.261. The summed E-state index contributed by atoms with van der Waals surface area (Å²) in [6, 6.07) is 13.9. The van der Waals surface area contributed by atoms with E-state index in [-0.39, 0.29) is 23.0 Å².